The summed E-state index contributed by atoms with van der Waals surface area (Å²) in [7, 11) is 0. The van der Waals surface area contributed by atoms with E-state index in [1.165, 1.54) is 4.88 Å². The highest BCUT2D eigenvalue weighted by atomic mass is 32.1. The number of aliphatic hydroxyl groups excluding tert-OH is 1. The Morgan fingerprint density at radius 2 is 2.00 bits per heavy atom. The van der Waals surface area contributed by atoms with Crippen LogP contribution >= 0.6 is 11.3 Å². The van der Waals surface area contributed by atoms with Crippen molar-refractivity contribution in [3.05, 3.63) is 11.1 Å². The van der Waals surface area contributed by atoms with Crippen LogP contribution in [0, 0.1) is 5.41 Å². The number of anilines is 1. The summed E-state index contributed by atoms with van der Waals surface area (Å²) in [6, 6.07) is 0.312. The molecule has 1 atom stereocenters. The van der Waals surface area contributed by atoms with Gasteiger partial charge in [0.25, 0.3) is 0 Å². The van der Waals surface area contributed by atoms with Gasteiger partial charge in [-0.1, -0.05) is 20.8 Å². The molecule has 1 heterocycles. The number of thiazole rings is 1. The predicted octanol–water partition coefficient (Wildman–Crippen LogP) is 2.88. The lowest BCUT2D eigenvalue weighted by Crippen LogP contribution is -2.40. The number of hydrogen-bond donors (Lipinski definition) is 2. The van der Waals surface area contributed by atoms with E-state index in [0.717, 1.165) is 31.2 Å². The zero-order valence-electron chi connectivity index (χ0n) is 13.4. The van der Waals surface area contributed by atoms with Crippen molar-refractivity contribution in [2.45, 2.75) is 53.6 Å². The van der Waals surface area contributed by atoms with Crippen molar-refractivity contribution in [3.8, 4) is 0 Å². The zero-order valence-corrected chi connectivity index (χ0v) is 14.3. The molecule has 0 saturated heterocycles. The zero-order chi connectivity index (χ0) is 15.2. The second-order valence-electron chi connectivity index (χ2n) is 6.09. The minimum Gasteiger partial charge on any atom is -0.396 e. The van der Waals surface area contributed by atoms with E-state index >= 15 is 0 Å². The van der Waals surface area contributed by atoms with E-state index in [-0.39, 0.29) is 12.0 Å². The Kier molecular flexibility index (Phi) is 6.92. The summed E-state index contributed by atoms with van der Waals surface area (Å²) in [5.41, 5.74) is 0.148. The summed E-state index contributed by atoms with van der Waals surface area (Å²) in [4.78, 5) is 8.02. The Labute approximate surface area is 127 Å². The van der Waals surface area contributed by atoms with Gasteiger partial charge in [0.2, 0.25) is 0 Å². The van der Waals surface area contributed by atoms with E-state index in [4.69, 9.17) is 0 Å². The first kappa shape index (κ1) is 17.4. The average Bonchev–Trinajstić information content (AvgIpc) is 2.83. The van der Waals surface area contributed by atoms with Gasteiger partial charge in [-0.25, -0.2) is 4.98 Å². The van der Waals surface area contributed by atoms with Crippen molar-refractivity contribution < 1.29 is 5.11 Å². The average molecular weight is 299 g/mol. The van der Waals surface area contributed by atoms with E-state index < -0.39 is 0 Å². The molecule has 0 amide bonds. The molecular weight excluding hydrogens is 270 g/mol. The highest BCUT2D eigenvalue weighted by Gasteiger charge is 2.23. The van der Waals surface area contributed by atoms with Crippen LogP contribution in [0.3, 0.4) is 0 Å². The first-order valence-corrected chi connectivity index (χ1v) is 8.27. The maximum Gasteiger partial charge on any atom is 0.185 e. The van der Waals surface area contributed by atoms with Crippen molar-refractivity contribution in [1.29, 1.82) is 0 Å². The third kappa shape index (κ3) is 5.04. The Hall–Kier alpha value is -0.650. The van der Waals surface area contributed by atoms with E-state index in [9.17, 15) is 5.11 Å². The molecule has 2 N–H and O–H groups in total. The van der Waals surface area contributed by atoms with Gasteiger partial charge in [0.15, 0.2) is 5.13 Å². The van der Waals surface area contributed by atoms with Crippen LogP contribution in [0.5, 0.6) is 0 Å². The third-order valence-corrected chi connectivity index (χ3v) is 4.62. The molecule has 116 valence electrons. The fourth-order valence-corrected chi connectivity index (χ4v) is 3.20. The molecule has 1 aromatic rings. The summed E-state index contributed by atoms with van der Waals surface area (Å²) >= 11 is 1.75. The number of nitrogens with one attached hydrogen (secondary N) is 1. The lowest BCUT2D eigenvalue weighted by molar-refractivity contribution is 0.197. The fraction of sp³-hybridized carbons (Fsp3) is 0.800. The van der Waals surface area contributed by atoms with Gasteiger partial charge < -0.3 is 15.3 Å². The molecule has 0 radical (unpaired) electrons. The minimum atomic E-state index is 0.148. The van der Waals surface area contributed by atoms with Crippen molar-refractivity contribution in [3.63, 3.8) is 0 Å². The summed E-state index contributed by atoms with van der Waals surface area (Å²) in [6.45, 7) is 13.9. The largest absolute Gasteiger partial charge is 0.396 e. The molecule has 20 heavy (non-hydrogen) atoms. The molecule has 1 unspecified atom stereocenters. The monoisotopic (exact) mass is 299 g/mol. The van der Waals surface area contributed by atoms with Crippen LogP contribution in [0.4, 0.5) is 5.13 Å². The lowest BCUT2D eigenvalue weighted by atomic mass is 9.85. The van der Waals surface area contributed by atoms with Gasteiger partial charge >= 0.3 is 0 Å². The number of hydrogen-bond acceptors (Lipinski definition) is 5. The van der Waals surface area contributed by atoms with Gasteiger partial charge in [-0.05, 0) is 25.7 Å². The maximum atomic E-state index is 9.18. The van der Waals surface area contributed by atoms with Crippen LogP contribution in [0.1, 0.15) is 45.9 Å². The molecule has 1 aromatic heterocycles. The molecule has 0 aromatic carbocycles. The van der Waals surface area contributed by atoms with Gasteiger partial charge in [-0.15, -0.1) is 11.3 Å². The summed E-state index contributed by atoms with van der Waals surface area (Å²) in [5, 5.41) is 13.8. The number of aliphatic hydroxyl groups is 1. The molecule has 1 rings (SSSR count). The standard InChI is InChI=1S/C15H29N3OS/c1-6-18(7-2)14-17-11-12(20-14)10-16-13(8-9-19)15(3,4)5/h11,13,16,19H,6-10H2,1-5H3. The van der Waals surface area contributed by atoms with E-state index in [1.54, 1.807) is 11.3 Å². The fourth-order valence-electron chi connectivity index (χ4n) is 2.21. The first-order chi connectivity index (χ1) is 9.42. The molecule has 0 aliphatic heterocycles. The Morgan fingerprint density at radius 3 is 2.50 bits per heavy atom. The maximum absolute atomic E-state index is 9.18. The second kappa shape index (κ2) is 7.96. The molecule has 0 aliphatic rings. The molecule has 0 saturated carbocycles. The van der Waals surface area contributed by atoms with Crippen LogP contribution in [-0.2, 0) is 6.54 Å². The van der Waals surface area contributed by atoms with Gasteiger partial charge in [0.05, 0.1) is 0 Å². The smallest absolute Gasteiger partial charge is 0.185 e. The van der Waals surface area contributed by atoms with Crippen molar-refractivity contribution in [2.24, 2.45) is 5.41 Å². The van der Waals surface area contributed by atoms with Gasteiger partial charge in [0.1, 0.15) is 0 Å². The Morgan fingerprint density at radius 1 is 1.35 bits per heavy atom. The van der Waals surface area contributed by atoms with Crippen molar-refractivity contribution in [1.82, 2.24) is 10.3 Å². The number of nitrogens with zero attached hydrogens (tertiary/aromatic N) is 2. The van der Waals surface area contributed by atoms with Gasteiger partial charge in [-0.2, -0.15) is 0 Å². The third-order valence-electron chi connectivity index (χ3n) is 3.56. The molecule has 0 aliphatic carbocycles. The minimum absolute atomic E-state index is 0.148. The van der Waals surface area contributed by atoms with Crippen LogP contribution in [0.2, 0.25) is 0 Å². The van der Waals surface area contributed by atoms with E-state index in [0.29, 0.717) is 6.04 Å². The van der Waals surface area contributed by atoms with Gasteiger partial charge in [0, 0.05) is 43.4 Å². The Bertz CT molecular complexity index is 383. The van der Waals surface area contributed by atoms with E-state index in [1.807, 2.05) is 6.20 Å². The molecule has 0 spiro atoms. The topological polar surface area (TPSA) is 48.4 Å². The number of rotatable bonds is 8. The SMILES string of the molecule is CCN(CC)c1ncc(CNC(CCO)C(C)(C)C)s1. The molecule has 4 nitrogen and oxygen atoms in total. The van der Waals surface area contributed by atoms with Crippen LogP contribution in [-0.4, -0.2) is 35.8 Å². The van der Waals surface area contributed by atoms with Crippen LogP contribution in [0.25, 0.3) is 0 Å². The van der Waals surface area contributed by atoms with Crippen molar-refractivity contribution >= 4 is 16.5 Å². The summed E-state index contributed by atoms with van der Waals surface area (Å²) in [5.74, 6) is 0. The predicted molar refractivity (Wildman–Crippen MR) is 87.5 cm³/mol. The van der Waals surface area contributed by atoms with Gasteiger partial charge in [-0.3, -0.25) is 0 Å². The highest BCUT2D eigenvalue weighted by Crippen LogP contribution is 2.25. The Balaban J connectivity index is 2.60. The van der Waals surface area contributed by atoms with Crippen molar-refractivity contribution in [2.75, 3.05) is 24.6 Å². The molecule has 5 heteroatoms. The number of aromatic nitrogens is 1. The highest BCUT2D eigenvalue weighted by molar-refractivity contribution is 7.15. The van der Waals surface area contributed by atoms with E-state index in [2.05, 4.69) is 49.8 Å². The van der Waals surface area contributed by atoms with Crippen LogP contribution < -0.4 is 10.2 Å². The molecule has 0 fully saturated rings. The quantitative estimate of drug-likeness (QED) is 0.775. The summed E-state index contributed by atoms with van der Waals surface area (Å²) in [6.07, 6.45) is 2.75. The molecular formula is C15H29N3OS. The molecule has 0 bridgehead atoms. The lowest BCUT2D eigenvalue weighted by Gasteiger charge is -2.31. The second-order valence-corrected chi connectivity index (χ2v) is 7.19. The summed E-state index contributed by atoms with van der Waals surface area (Å²) < 4.78 is 0. The van der Waals surface area contributed by atoms with Crippen LogP contribution in [0.15, 0.2) is 6.20 Å². The normalized spacial score (nSPS) is 13.5. The first-order valence-electron chi connectivity index (χ1n) is 7.46.